The fourth-order valence-corrected chi connectivity index (χ4v) is 1.57. The first-order valence-corrected chi connectivity index (χ1v) is 5.46. The molecule has 0 aliphatic heterocycles. The van der Waals surface area contributed by atoms with Crippen LogP contribution in [-0.2, 0) is 13.1 Å². The number of phenols is 1. The van der Waals surface area contributed by atoms with E-state index in [4.69, 9.17) is 0 Å². The normalized spacial score (nSPS) is 10.5. The van der Waals surface area contributed by atoms with Crippen LogP contribution in [0.3, 0.4) is 0 Å². The SMILES string of the molecule is Cl.Oc1ccccc1CNCc1ccn(C(F)F)n1. The quantitative estimate of drug-likeness (QED) is 0.890. The van der Waals surface area contributed by atoms with Gasteiger partial charge in [0.05, 0.1) is 5.69 Å². The van der Waals surface area contributed by atoms with Crippen molar-refractivity contribution >= 4 is 12.4 Å². The van der Waals surface area contributed by atoms with E-state index in [1.807, 2.05) is 6.07 Å². The summed E-state index contributed by atoms with van der Waals surface area (Å²) in [6, 6.07) is 8.48. The summed E-state index contributed by atoms with van der Waals surface area (Å²) in [6.07, 6.45) is 1.24. The molecule has 1 aromatic carbocycles. The van der Waals surface area contributed by atoms with Crippen molar-refractivity contribution in [1.82, 2.24) is 15.1 Å². The summed E-state index contributed by atoms with van der Waals surface area (Å²) in [7, 11) is 0. The van der Waals surface area contributed by atoms with Gasteiger partial charge in [-0.2, -0.15) is 13.9 Å². The molecule has 1 aromatic heterocycles. The number of para-hydroxylation sites is 1. The number of rotatable bonds is 5. The molecule has 0 saturated carbocycles. The Bertz CT molecular complexity index is 519. The molecule has 0 fully saturated rings. The smallest absolute Gasteiger partial charge is 0.333 e. The van der Waals surface area contributed by atoms with Gasteiger partial charge in [-0.25, -0.2) is 4.68 Å². The predicted octanol–water partition coefficient (Wildman–Crippen LogP) is 2.70. The van der Waals surface area contributed by atoms with Crippen LogP contribution in [0.2, 0.25) is 0 Å². The molecule has 7 heteroatoms. The molecule has 104 valence electrons. The standard InChI is InChI=1S/C12H13F2N3O.ClH/c13-12(14)17-6-5-10(16-17)8-15-7-9-3-1-2-4-11(9)18;/h1-6,12,15,18H,7-8H2;1H. The summed E-state index contributed by atoms with van der Waals surface area (Å²) in [4.78, 5) is 0. The second-order valence-corrected chi connectivity index (χ2v) is 3.80. The zero-order valence-electron chi connectivity index (χ0n) is 9.96. The van der Waals surface area contributed by atoms with Crippen molar-refractivity contribution in [2.24, 2.45) is 0 Å². The number of nitrogens with one attached hydrogen (secondary N) is 1. The predicted molar refractivity (Wildman–Crippen MR) is 69.4 cm³/mol. The van der Waals surface area contributed by atoms with E-state index < -0.39 is 6.55 Å². The average molecular weight is 290 g/mol. The maximum atomic E-state index is 12.3. The zero-order valence-corrected chi connectivity index (χ0v) is 10.8. The molecule has 2 N–H and O–H groups in total. The van der Waals surface area contributed by atoms with Crippen LogP contribution in [0.5, 0.6) is 5.75 Å². The lowest BCUT2D eigenvalue weighted by molar-refractivity contribution is 0.0561. The lowest BCUT2D eigenvalue weighted by Gasteiger charge is -2.05. The number of alkyl halides is 2. The Hall–Kier alpha value is -1.66. The van der Waals surface area contributed by atoms with E-state index in [0.29, 0.717) is 23.5 Å². The highest BCUT2D eigenvalue weighted by Gasteiger charge is 2.07. The fraction of sp³-hybridized carbons (Fsp3) is 0.250. The number of aromatic hydroxyl groups is 1. The topological polar surface area (TPSA) is 50.1 Å². The highest BCUT2D eigenvalue weighted by atomic mass is 35.5. The lowest BCUT2D eigenvalue weighted by Crippen LogP contribution is -2.13. The van der Waals surface area contributed by atoms with Gasteiger partial charge in [-0.3, -0.25) is 0 Å². The molecule has 0 unspecified atom stereocenters. The van der Waals surface area contributed by atoms with Crippen LogP contribution in [0.25, 0.3) is 0 Å². The average Bonchev–Trinajstić information content (AvgIpc) is 2.80. The van der Waals surface area contributed by atoms with Gasteiger partial charge in [0.15, 0.2) is 0 Å². The first kappa shape index (κ1) is 15.4. The van der Waals surface area contributed by atoms with Crippen LogP contribution in [0.15, 0.2) is 36.5 Å². The van der Waals surface area contributed by atoms with Crippen LogP contribution >= 0.6 is 12.4 Å². The van der Waals surface area contributed by atoms with Gasteiger partial charge >= 0.3 is 6.55 Å². The summed E-state index contributed by atoms with van der Waals surface area (Å²) in [5, 5.41) is 16.3. The first-order chi connectivity index (χ1) is 8.66. The van der Waals surface area contributed by atoms with Crippen LogP contribution < -0.4 is 5.32 Å². The van der Waals surface area contributed by atoms with Gasteiger partial charge < -0.3 is 10.4 Å². The maximum absolute atomic E-state index is 12.3. The molecule has 4 nitrogen and oxygen atoms in total. The summed E-state index contributed by atoms with van der Waals surface area (Å²) in [6.45, 7) is -1.79. The summed E-state index contributed by atoms with van der Waals surface area (Å²) >= 11 is 0. The highest BCUT2D eigenvalue weighted by molar-refractivity contribution is 5.85. The largest absolute Gasteiger partial charge is 0.508 e. The molecule has 0 amide bonds. The minimum Gasteiger partial charge on any atom is -0.508 e. The number of phenolic OH excluding ortho intramolecular Hbond substituents is 1. The number of hydrogen-bond acceptors (Lipinski definition) is 3. The molecule has 0 atom stereocenters. The lowest BCUT2D eigenvalue weighted by atomic mass is 10.2. The number of halogens is 3. The van der Waals surface area contributed by atoms with Gasteiger partial charge in [0.1, 0.15) is 5.75 Å². The van der Waals surface area contributed by atoms with Gasteiger partial charge in [0, 0.05) is 24.8 Å². The summed E-state index contributed by atoms with van der Waals surface area (Å²) < 4.78 is 25.1. The highest BCUT2D eigenvalue weighted by Crippen LogP contribution is 2.15. The van der Waals surface area contributed by atoms with E-state index in [0.717, 1.165) is 5.56 Å². The Labute approximate surface area is 115 Å². The van der Waals surface area contributed by atoms with Crippen molar-refractivity contribution in [1.29, 1.82) is 0 Å². The number of aromatic nitrogens is 2. The van der Waals surface area contributed by atoms with Gasteiger partial charge in [0.2, 0.25) is 0 Å². The minimum atomic E-state index is -2.61. The van der Waals surface area contributed by atoms with Crippen LogP contribution in [0.4, 0.5) is 8.78 Å². The third kappa shape index (κ3) is 4.18. The van der Waals surface area contributed by atoms with E-state index in [1.165, 1.54) is 12.3 Å². The number of hydrogen-bond donors (Lipinski definition) is 2. The fourth-order valence-electron chi connectivity index (χ4n) is 1.57. The molecule has 0 saturated heterocycles. The van der Waals surface area contributed by atoms with E-state index in [9.17, 15) is 13.9 Å². The molecule has 0 aliphatic carbocycles. The van der Waals surface area contributed by atoms with Crippen molar-refractivity contribution in [2.45, 2.75) is 19.6 Å². The zero-order chi connectivity index (χ0) is 13.0. The van der Waals surface area contributed by atoms with Crippen molar-refractivity contribution in [2.75, 3.05) is 0 Å². The first-order valence-electron chi connectivity index (χ1n) is 5.46. The Morgan fingerprint density at radius 2 is 1.95 bits per heavy atom. The Morgan fingerprint density at radius 1 is 1.21 bits per heavy atom. The molecule has 0 spiro atoms. The molecule has 0 radical (unpaired) electrons. The molecule has 1 heterocycles. The van der Waals surface area contributed by atoms with Gasteiger partial charge in [-0.05, 0) is 12.1 Å². The molecule has 0 bridgehead atoms. The maximum Gasteiger partial charge on any atom is 0.333 e. The molecule has 0 aliphatic rings. The summed E-state index contributed by atoms with van der Waals surface area (Å²) in [5.74, 6) is 0.211. The van der Waals surface area contributed by atoms with E-state index in [-0.39, 0.29) is 18.2 Å². The van der Waals surface area contributed by atoms with E-state index >= 15 is 0 Å². The Morgan fingerprint density at radius 3 is 2.58 bits per heavy atom. The monoisotopic (exact) mass is 289 g/mol. The molecular formula is C12H14ClF2N3O. The van der Waals surface area contributed by atoms with Crippen molar-refractivity contribution in [3.05, 3.63) is 47.8 Å². The van der Waals surface area contributed by atoms with Gasteiger partial charge in [-0.15, -0.1) is 12.4 Å². The number of benzene rings is 1. The van der Waals surface area contributed by atoms with Crippen molar-refractivity contribution in [3.63, 3.8) is 0 Å². The van der Waals surface area contributed by atoms with Gasteiger partial charge in [-0.1, -0.05) is 18.2 Å². The van der Waals surface area contributed by atoms with Crippen LogP contribution in [0, 0.1) is 0 Å². The Balaban J connectivity index is 0.00000180. The summed E-state index contributed by atoms with van der Waals surface area (Å²) in [5.41, 5.74) is 1.29. The molecular weight excluding hydrogens is 276 g/mol. The Kier molecular flexibility index (Phi) is 5.72. The van der Waals surface area contributed by atoms with Crippen LogP contribution in [-0.4, -0.2) is 14.9 Å². The van der Waals surface area contributed by atoms with Crippen molar-refractivity contribution in [3.8, 4) is 5.75 Å². The van der Waals surface area contributed by atoms with E-state index in [1.54, 1.807) is 18.2 Å². The minimum absolute atomic E-state index is 0. The molecule has 19 heavy (non-hydrogen) atoms. The van der Waals surface area contributed by atoms with Gasteiger partial charge in [0.25, 0.3) is 0 Å². The van der Waals surface area contributed by atoms with Crippen molar-refractivity contribution < 1.29 is 13.9 Å². The van der Waals surface area contributed by atoms with E-state index in [2.05, 4.69) is 10.4 Å². The second kappa shape index (κ2) is 7.06. The molecule has 2 rings (SSSR count). The third-order valence-electron chi connectivity index (χ3n) is 2.48. The number of nitrogens with zero attached hydrogens (tertiary/aromatic N) is 2. The second-order valence-electron chi connectivity index (χ2n) is 3.80. The third-order valence-corrected chi connectivity index (χ3v) is 2.48. The van der Waals surface area contributed by atoms with Crippen LogP contribution in [0.1, 0.15) is 17.8 Å². The molecule has 2 aromatic rings.